The highest BCUT2D eigenvalue weighted by Gasteiger charge is 2.10. The van der Waals surface area contributed by atoms with Crippen molar-refractivity contribution in [1.82, 2.24) is 15.2 Å². The number of para-hydroxylation sites is 1. The van der Waals surface area contributed by atoms with Crippen molar-refractivity contribution in [2.45, 2.75) is 6.92 Å². The van der Waals surface area contributed by atoms with Crippen molar-refractivity contribution in [2.24, 2.45) is 10.2 Å². The number of nitrogens with one attached hydrogen (secondary N) is 2. The maximum atomic E-state index is 9.85. The van der Waals surface area contributed by atoms with E-state index in [1.165, 1.54) is 11.3 Å². The van der Waals surface area contributed by atoms with E-state index in [0.29, 0.717) is 16.0 Å². The molecule has 0 spiro atoms. The first kappa shape index (κ1) is 12.5. The molecule has 0 aliphatic carbocycles. The molecule has 0 unspecified atom stereocenters. The second kappa shape index (κ2) is 5.25. The third-order valence-corrected chi connectivity index (χ3v) is 3.40. The first-order valence-electron chi connectivity index (χ1n) is 6.06. The van der Waals surface area contributed by atoms with Gasteiger partial charge in [-0.3, -0.25) is 0 Å². The van der Waals surface area contributed by atoms with Crippen LogP contribution in [-0.2, 0) is 0 Å². The van der Waals surface area contributed by atoms with E-state index in [2.05, 4.69) is 30.7 Å². The number of aromatic amines is 1. The molecule has 0 radical (unpaired) electrons. The van der Waals surface area contributed by atoms with E-state index < -0.39 is 0 Å². The van der Waals surface area contributed by atoms with E-state index in [1.807, 2.05) is 31.2 Å². The van der Waals surface area contributed by atoms with Crippen LogP contribution in [0.3, 0.4) is 0 Å². The molecule has 0 fully saturated rings. The van der Waals surface area contributed by atoms with E-state index in [1.54, 1.807) is 0 Å². The fraction of sp³-hybridized carbons (Fsp3) is 0.167. The van der Waals surface area contributed by atoms with Gasteiger partial charge in [-0.25, -0.2) is 0 Å². The Hall–Kier alpha value is -2.48. The van der Waals surface area contributed by atoms with Gasteiger partial charge in [-0.15, -0.1) is 20.4 Å². The summed E-state index contributed by atoms with van der Waals surface area (Å²) in [6.45, 7) is 2.75. The number of aromatic nitrogens is 3. The van der Waals surface area contributed by atoms with Crippen LogP contribution in [0.5, 0.6) is 5.88 Å². The third-order valence-electron chi connectivity index (χ3n) is 2.64. The molecule has 8 heteroatoms. The number of hydrogen-bond acceptors (Lipinski definition) is 7. The van der Waals surface area contributed by atoms with Gasteiger partial charge in [0.15, 0.2) is 5.69 Å². The molecule has 102 valence electrons. The summed E-state index contributed by atoms with van der Waals surface area (Å²) in [6.07, 6.45) is 0. The van der Waals surface area contributed by atoms with Crippen LogP contribution < -0.4 is 5.32 Å². The molecule has 20 heavy (non-hydrogen) atoms. The van der Waals surface area contributed by atoms with E-state index >= 15 is 0 Å². The number of anilines is 1. The van der Waals surface area contributed by atoms with Crippen LogP contribution in [0, 0.1) is 0 Å². The van der Waals surface area contributed by atoms with Crippen LogP contribution in [-0.4, -0.2) is 26.8 Å². The lowest BCUT2D eigenvalue weighted by molar-refractivity contribution is 0.459. The van der Waals surface area contributed by atoms with Gasteiger partial charge in [-0.1, -0.05) is 29.5 Å². The monoisotopic (exact) mass is 288 g/mol. The second-order valence-corrected chi connectivity index (χ2v) is 4.94. The number of nitrogens with zero attached hydrogens (tertiary/aromatic N) is 4. The van der Waals surface area contributed by atoms with Crippen molar-refractivity contribution >= 4 is 38.2 Å². The summed E-state index contributed by atoms with van der Waals surface area (Å²) < 4.78 is 0. The van der Waals surface area contributed by atoms with Gasteiger partial charge in [0.1, 0.15) is 0 Å². The molecule has 1 aromatic carbocycles. The molecule has 0 aliphatic rings. The lowest BCUT2D eigenvalue weighted by Gasteiger charge is -1.91. The first-order valence-corrected chi connectivity index (χ1v) is 6.88. The molecule has 0 bridgehead atoms. The lowest BCUT2D eigenvalue weighted by Crippen LogP contribution is -1.94. The number of benzene rings is 1. The Morgan fingerprint density at radius 2 is 2.15 bits per heavy atom. The van der Waals surface area contributed by atoms with E-state index in [9.17, 15) is 5.11 Å². The van der Waals surface area contributed by atoms with Crippen molar-refractivity contribution < 1.29 is 5.11 Å². The van der Waals surface area contributed by atoms with E-state index in [4.69, 9.17) is 0 Å². The van der Waals surface area contributed by atoms with Gasteiger partial charge in [0, 0.05) is 11.9 Å². The van der Waals surface area contributed by atoms with Gasteiger partial charge in [0.25, 0.3) is 5.13 Å². The van der Waals surface area contributed by atoms with Crippen LogP contribution >= 0.6 is 11.3 Å². The normalized spacial score (nSPS) is 11.4. The highest BCUT2D eigenvalue weighted by Crippen LogP contribution is 2.36. The van der Waals surface area contributed by atoms with Gasteiger partial charge in [-0.05, 0) is 13.0 Å². The minimum Gasteiger partial charge on any atom is -0.493 e. The predicted octanol–water partition coefficient (Wildman–Crippen LogP) is 3.57. The van der Waals surface area contributed by atoms with E-state index in [0.717, 1.165) is 17.4 Å². The maximum absolute atomic E-state index is 9.85. The zero-order valence-electron chi connectivity index (χ0n) is 10.7. The summed E-state index contributed by atoms with van der Waals surface area (Å²) in [4.78, 5) is 2.85. The van der Waals surface area contributed by atoms with Gasteiger partial charge in [-0.2, -0.15) is 0 Å². The Balaban J connectivity index is 1.91. The summed E-state index contributed by atoms with van der Waals surface area (Å²) in [7, 11) is 0. The largest absolute Gasteiger partial charge is 0.493 e. The molecule has 2 heterocycles. The molecule has 3 N–H and O–H groups in total. The molecule has 0 saturated heterocycles. The minimum atomic E-state index is -0.00799. The average Bonchev–Trinajstić information content (AvgIpc) is 3.01. The van der Waals surface area contributed by atoms with Crippen molar-refractivity contribution in [3.8, 4) is 5.88 Å². The number of fused-ring (bicyclic) bond motifs is 1. The molecule has 0 saturated carbocycles. The maximum Gasteiger partial charge on any atom is 0.253 e. The highest BCUT2D eigenvalue weighted by molar-refractivity contribution is 7.18. The average molecular weight is 288 g/mol. The summed E-state index contributed by atoms with van der Waals surface area (Å²) in [5.74, 6) is -0.00799. The Labute approximate surface area is 118 Å². The second-order valence-electron chi connectivity index (χ2n) is 3.99. The SMILES string of the molecule is CCNc1nnc(N=Nc2c(O)[nH]c3ccccc23)s1. The zero-order valence-corrected chi connectivity index (χ0v) is 11.5. The fourth-order valence-electron chi connectivity index (χ4n) is 1.79. The van der Waals surface area contributed by atoms with Crippen LogP contribution in [0.15, 0.2) is 34.5 Å². The minimum absolute atomic E-state index is 0.00799. The van der Waals surface area contributed by atoms with Crippen LogP contribution in [0.25, 0.3) is 10.9 Å². The predicted molar refractivity (Wildman–Crippen MR) is 78.2 cm³/mol. The molecular formula is C12H12N6OS. The lowest BCUT2D eigenvalue weighted by atomic mass is 10.2. The van der Waals surface area contributed by atoms with E-state index in [-0.39, 0.29) is 5.88 Å². The van der Waals surface area contributed by atoms with Crippen molar-refractivity contribution in [2.75, 3.05) is 11.9 Å². The summed E-state index contributed by atoms with van der Waals surface area (Å²) in [5, 5.41) is 30.7. The van der Waals surface area contributed by atoms with Crippen molar-refractivity contribution in [3.63, 3.8) is 0 Å². The molecule has 0 aliphatic heterocycles. The number of azo groups is 1. The van der Waals surface area contributed by atoms with Gasteiger partial charge in [0.05, 0.1) is 5.52 Å². The zero-order chi connectivity index (χ0) is 13.9. The Kier molecular flexibility index (Phi) is 3.30. The topological polar surface area (TPSA) is 98.6 Å². The van der Waals surface area contributed by atoms with Crippen molar-refractivity contribution in [3.05, 3.63) is 24.3 Å². The van der Waals surface area contributed by atoms with Crippen LogP contribution in [0.2, 0.25) is 0 Å². The molecule has 3 rings (SSSR count). The Morgan fingerprint density at radius 3 is 3.00 bits per heavy atom. The van der Waals surface area contributed by atoms with Gasteiger partial charge in [0.2, 0.25) is 11.0 Å². The van der Waals surface area contributed by atoms with Crippen molar-refractivity contribution in [1.29, 1.82) is 0 Å². The van der Waals surface area contributed by atoms with Gasteiger partial charge >= 0.3 is 0 Å². The number of hydrogen-bond donors (Lipinski definition) is 3. The Morgan fingerprint density at radius 1 is 1.30 bits per heavy atom. The molecule has 0 amide bonds. The number of H-pyrrole nitrogens is 1. The number of rotatable bonds is 4. The standard InChI is InChI=1S/C12H12N6OS/c1-2-13-11-16-18-12(20-11)17-15-9-7-5-3-4-6-8(7)14-10(9)19/h3-6,14,19H,2H2,1H3,(H,13,16). The smallest absolute Gasteiger partial charge is 0.253 e. The van der Waals surface area contributed by atoms with Crippen LogP contribution in [0.4, 0.5) is 16.0 Å². The summed E-state index contributed by atoms with van der Waals surface area (Å²) >= 11 is 1.30. The molecular weight excluding hydrogens is 276 g/mol. The molecule has 7 nitrogen and oxygen atoms in total. The first-order chi connectivity index (χ1) is 9.78. The van der Waals surface area contributed by atoms with Crippen LogP contribution in [0.1, 0.15) is 6.92 Å². The molecule has 3 aromatic rings. The third kappa shape index (κ3) is 2.32. The number of aromatic hydroxyl groups is 1. The molecule has 0 atom stereocenters. The van der Waals surface area contributed by atoms with Gasteiger partial charge < -0.3 is 15.4 Å². The quantitative estimate of drug-likeness (QED) is 0.639. The summed E-state index contributed by atoms with van der Waals surface area (Å²) in [6, 6.07) is 7.49. The summed E-state index contributed by atoms with van der Waals surface area (Å²) in [5.41, 5.74) is 1.21. The fourth-order valence-corrected chi connectivity index (χ4v) is 2.42. The molecule has 2 aromatic heterocycles. The Bertz CT molecular complexity index is 762. The highest BCUT2D eigenvalue weighted by atomic mass is 32.1.